The van der Waals surface area contributed by atoms with Gasteiger partial charge < -0.3 is 19.8 Å². The molecule has 0 saturated carbocycles. The maximum Gasteiger partial charge on any atom is 0.230 e. The minimum absolute atomic E-state index is 0.00688. The van der Waals surface area contributed by atoms with Gasteiger partial charge in [-0.25, -0.2) is 0 Å². The van der Waals surface area contributed by atoms with Gasteiger partial charge in [-0.2, -0.15) is 0 Å². The van der Waals surface area contributed by atoms with Gasteiger partial charge in [0, 0.05) is 44.3 Å². The second kappa shape index (κ2) is 8.36. The van der Waals surface area contributed by atoms with Crippen molar-refractivity contribution < 1.29 is 9.90 Å². The summed E-state index contributed by atoms with van der Waals surface area (Å²) in [5, 5.41) is 10.1. The third-order valence-electron chi connectivity index (χ3n) is 6.30. The molecule has 1 N–H and O–H groups in total. The van der Waals surface area contributed by atoms with Gasteiger partial charge in [-0.15, -0.1) is 0 Å². The molecule has 0 radical (unpaired) electrons. The van der Waals surface area contributed by atoms with Crippen LogP contribution in [0.2, 0.25) is 0 Å². The molecule has 0 spiro atoms. The van der Waals surface area contributed by atoms with Crippen molar-refractivity contribution in [3.8, 4) is 0 Å². The minimum atomic E-state index is -0.983. The van der Waals surface area contributed by atoms with Gasteiger partial charge in [-0.1, -0.05) is 18.2 Å². The molecule has 4 rings (SSSR count). The molecule has 2 aliphatic rings. The largest absolute Gasteiger partial charge is 0.384 e. The normalized spacial score (nSPS) is 20.8. The van der Waals surface area contributed by atoms with Crippen molar-refractivity contribution in [2.24, 2.45) is 5.92 Å². The number of pyridine rings is 1. The molecule has 0 bridgehead atoms. The van der Waals surface area contributed by atoms with E-state index in [4.69, 9.17) is 0 Å². The average Bonchev–Trinajstić information content (AvgIpc) is 3.09. The van der Waals surface area contributed by atoms with E-state index in [0.717, 1.165) is 44.7 Å². The molecule has 1 aromatic carbocycles. The lowest BCUT2D eigenvalue weighted by Gasteiger charge is -2.35. The van der Waals surface area contributed by atoms with Crippen LogP contribution in [0, 0.1) is 5.92 Å². The summed E-state index contributed by atoms with van der Waals surface area (Å²) in [6, 6.07) is 12.2. The Labute approximate surface area is 179 Å². The van der Waals surface area contributed by atoms with E-state index >= 15 is 0 Å². The molecule has 160 valence electrons. The van der Waals surface area contributed by atoms with E-state index in [9.17, 15) is 9.90 Å². The number of anilines is 2. The summed E-state index contributed by atoms with van der Waals surface area (Å²) >= 11 is 0. The van der Waals surface area contributed by atoms with E-state index in [1.54, 1.807) is 26.1 Å². The summed E-state index contributed by atoms with van der Waals surface area (Å²) < 4.78 is 0. The third-order valence-corrected chi connectivity index (χ3v) is 6.30. The molecule has 1 amide bonds. The van der Waals surface area contributed by atoms with E-state index in [2.05, 4.69) is 46.1 Å². The van der Waals surface area contributed by atoms with Crippen LogP contribution in [-0.4, -0.2) is 60.7 Å². The molecule has 1 aromatic heterocycles. The summed E-state index contributed by atoms with van der Waals surface area (Å²) in [5.74, 6) is 0.161. The first-order valence-electron chi connectivity index (χ1n) is 10.8. The highest BCUT2D eigenvalue weighted by Gasteiger charge is 2.33. The Morgan fingerprint density at radius 3 is 2.47 bits per heavy atom. The molecule has 2 saturated heterocycles. The van der Waals surface area contributed by atoms with E-state index in [1.807, 2.05) is 11.0 Å². The topological polar surface area (TPSA) is 59.9 Å². The van der Waals surface area contributed by atoms with Crippen LogP contribution in [0.25, 0.3) is 0 Å². The number of amides is 1. The monoisotopic (exact) mass is 408 g/mol. The second-order valence-electron chi connectivity index (χ2n) is 9.06. The number of benzene rings is 1. The Hall–Kier alpha value is -2.44. The van der Waals surface area contributed by atoms with Crippen molar-refractivity contribution in [1.82, 2.24) is 9.88 Å². The fraction of sp³-hybridized carbons (Fsp3) is 0.500. The lowest BCUT2D eigenvalue weighted by molar-refractivity contribution is -0.120. The Kier molecular flexibility index (Phi) is 5.80. The molecule has 1 atom stereocenters. The summed E-state index contributed by atoms with van der Waals surface area (Å²) in [6.45, 7) is 8.32. The number of aromatic nitrogens is 1. The molecular formula is C24H32N4O2. The number of rotatable bonds is 5. The van der Waals surface area contributed by atoms with Crippen LogP contribution >= 0.6 is 0 Å². The van der Waals surface area contributed by atoms with Crippen molar-refractivity contribution in [2.75, 3.05) is 49.6 Å². The quantitative estimate of drug-likeness (QED) is 0.824. The van der Waals surface area contributed by atoms with E-state index in [-0.39, 0.29) is 11.8 Å². The van der Waals surface area contributed by atoms with Crippen LogP contribution in [0.15, 0.2) is 42.6 Å². The predicted octanol–water partition coefficient (Wildman–Crippen LogP) is 2.66. The summed E-state index contributed by atoms with van der Waals surface area (Å²) in [7, 11) is 2.16. The number of piperazine rings is 1. The van der Waals surface area contributed by atoms with Crippen LogP contribution in [0.5, 0.6) is 0 Å². The zero-order valence-corrected chi connectivity index (χ0v) is 18.2. The van der Waals surface area contributed by atoms with Gasteiger partial charge in [0.25, 0.3) is 0 Å². The predicted molar refractivity (Wildman–Crippen MR) is 120 cm³/mol. The summed E-state index contributed by atoms with van der Waals surface area (Å²) in [5.41, 5.74) is 2.97. The van der Waals surface area contributed by atoms with Crippen molar-refractivity contribution in [3.63, 3.8) is 0 Å². The molecule has 2 fully saturated rings. The molecule has 6 nitrogen and oxygen atoms in total. The first-order valence-corrected chi connectivity index (χ1v) is 10.8. The molecule has 3 heterocycles. The molecule has 6 heteroatoms. The molecule has 2 aliphatic heterocycles. The van der Waals surface area contributed by atoms with Gasteiger partial charge in [-0.3, -0.25) is 9.78 Å². The molecule has 1 unspecified atom stereocenters. The first kappa shape index (κ1) is 20.8. The Morgan fingerprint density at radius 2 is 1.80 bits per heavy atom. The highest BCUT2D eigenvalue weighted by atomic mass is 16.3. The number of likely N-dealkylation sites (N-methyl/N-ethyl adjacent to an activating group) is 1. The van der Waals surface area contributed by atoms with Crippen LogP contribution in [0.1, 0.15) is 31.5 Å². The number of carbonyl (C=O) groups excluding carboxylic acids is 1. The van der Waals surface area contributed by atoms with E-state index in [1.165, 1.54) is 11.3 Å². The van der Waals surface area contributed by atoms with Gasteiger partial charge in [0.2, 0.25) is 5.91 Å². The lowest BCUT2D eigenvalue weighted by atomic mass is 9.96. The van der Waals surface area contributed by atoms with Crippen LogP contribution in [-0.2, 0) is 16.8 Å². The number of aliphatic hydroxyl groups is 1. The van der Waals surface area contributed by atoms with E-state index < -0.39 is 5.60 Å². The van der Waals surface area contributed by atoms with Crippen molar-refractivity contribution in [2.45, 2.75) is 32.3 Å². The third kappa shape index (κ3) is 4.35. The molecule has 2 aromatic rings. The van der Waals surface area contributed by atoms with Crippen LogP contribution in [0.4, 0.5) is 11.4 Å². The zero-order valence-electron chi connectivity index (χ0n) is 18.2. The maximum atomic E-state index is 13.2. The van der Waals surface area contributed by atoms with Gasteiger partial charge in [-0.05, 0) is 57.5 Å². The summed E-state index contributed by atoms with van der Waals surface area (Å²) in [6.07, 6.45) is 3.32. The molecular weight excluding hydrogens is 376 g/mol. The highest BCUT2D eigenvalue weighted by molar-refractivity contribution is 5.97. The first-order chi connectivity index (χ1) is 14.3. The smallest absolute Gasteiger partial charge is 0.230 e. The lowest BCUT2D eigenvalue weighted by Crippen LogP contribution is -2.44. The number of carbonyl (C=O) groups is 1. The maximum absolute atomic E-state index is 13.2. The number of para-hydroxylation sites is 1. The second-order valence-corrected chi connectivity index (χ2v) is 9.06. The van der Waals surface area contributed by atoms with Gasteiger partial charge in [0.05, 0.1) is 17.6 Å². The average molecular weight is 409 g/mol. The highest BCUT2D eigenvalue weighted by Crippen LogP contribution is 2.31. The molecule has 30 heavy (non-hydrogen) atoms. The SMILES string of the molecule is CN1CCN(c2ccccc2CC2CCN(c3ccc(C(C)(C)O)nc3)C2=O)CC1. The Balaban J connectivity index is 1.46. The molecule has 0 aliphatic carbocycles. The number of hydrogen-bond donors (Lipinski definition) is 1. The van der Waals surface area contributed by atoms with Gasteiger partial charge in [0.15, 0.2) is 0 Å². The number of nitrogens with zero attached hydrogens (tertiary/aromatic N) is 4. The summed E-state index contributed by atoms with van der Waals surface area (Å²) in [4.78, 5) is 24.2. The van der Waals surface area contributed by atoms with Gasteiger partial charge >= 0.3 is 0 Å². The fourth-order valence-electron chi connectivity index (χ4n) is 4.40. The minimum Gasteiger partial charge on any atom is -0.384 e. The number of hydrogen-bond acceptors (Lipinski definition) is 5. The Morgan fingerprint density at radius 1 is 1.07 bits per heavy atom. The van der Waals surface area contributed by atoms with Crippen LogP contribution < -0.4 is 9.80 Å². The fourth-order valence-corrected chi connectivity index (χ4v) is 4.40. The standard InChI is InChI=1S/C24H32N4O2/c1-24(2,30)22-9-8-20(17-25-22)28-11-10-19(23(28)29)16-18-6-4-5-7-21(18)27-14-12-26(3)13-15-27/h4-9,17,19,30H,10-16H2,1-3H3. The van der Waals surface area contributed by atoms with Crippen molar-refractivity contribution >= 4 is 17.3 Å². The Bertz CT molecular complexity index is 883. The van der Waals surface area contributed by atoms with Crippen molar-refractivity contribution in [3.05, 3.63) is 53.9 Å². The zero-order chi connectivity index (χ0) is 21.3. The van der Waals surface area contributed by atoms with E-state index in [0.29, 0.717) is 12.2 Å². The van der Waals surface area contributed by atoms with Crippen molar-refractivity contribution in [1.29, 1.82) is 0 Å². The van der Waals surface area contributed by atoms with Gasteiger partial charge in [0.1, 0.15) is 5.60 Å². The van der Waals surface area contributed by atoms with Crippen LogP contribution in [0.3, 0.4) is 0 Å².